The van der Waals surface area contributed by atoms with E-state index in [2.05, 4.69) is 16.9 Å². The molecule has 0 atom stereocenters. The van der Waals surface area contributed by atoms with E-state index in [0.717, 1.165) is 24.7 Å². The molecule has 2 nitrogen and oxygen atoms in total. The van der Waals surface area contributed by atoms with Crippen molar-refractivity contribution in [2.24, 2.45) is 5.92 Å². The van der Waals surface area contributed by atoms with Crippen molar-refractivity contribution in [1.82, 2.24) is 9.88 Å². The van der Waals surface area contributed by atoms with Crippen molar-refractivity contribution in [3.63, 3.8) is 0 Å². The Labute approximate surface area is 119 Å². The third-order valence-electron chi connectivity index (χ3n) is 3.60. The second-order valence-corrected chi connectivity index (χ2v) is 6.06. The maximum Gasteiger partial charge on any atom is 0.129 e. The molecule has 100 valence electrons. The number of aromatic nitrogens is 1. The smallest absolute Gasteiger partial charge is 0.129 e. The summed E-state index contributed by atoms with van der Waals surface area (Å²) in [6.45, 7) is 1.90. The molecule has 1 aromatic heterocycles. The van der Waals surface area contributed by atoms with E-state index in [1.165, 1.54) is 32.1 Å². The second kappa shape index (κ2) is 6.74. The minimum absolute atomic E-state index is 0.514. The lowest BCUT2D eigenvalue weighted by atomic mass is 9.89. The van der Waals surface area contributed by atoms with E-state index in [-0.39, 0.29) is 0 Å². The zero-order valence-corrected chi connectivity index (χ0v) is 12.3. The highest BCUT2D eigenvalue weighted by Gasteiger charge is 2.16. The first-order chi connectivity index (χ1) is 8.65. The summed E-state index contributed by atoms with van der Waals surface area (Å²) in [5.41, 5.74) is 0.877. The Balaban J connectivity index is 1.89. The lowest BCUT2D eigenvalue weighted by Crippen LogP contribution is -2.27. The molecule has 1 saturated carbocycles. The molecule has 0 aromatic carbocycles. The lowest BCUT2D eigenvalue weighted by Gasteiger charge is -2.26. The van der Waals surface area contributed by atoms with Gasteiger partial charge in [0.1, 0.15) is 5.15 Å². The van der Waals surface area contributed by atoms with Gasteiger partial charge < -0.3 is 4.90 Å². The van der Waals surface area contributed by atoms with E-state index in [4.69, 9.17) is 23.2 Å². The number of pyridine rings is 1. The fourth-order valence-electron chi connectivity index (χ4n) is 2.70. The van der Waals surface area contributed by atoms with Crippen molar-refractivity contribution in [1.29, 1.82) is 0 Å². The van der Waals surface area contributed by atoms with Crippen LogP contribution in [0.25, 0.3) is 0 Å². The second-order valence-electron chi connectivity index (χ2n) is 5.26. The number of hydrogen-bond acceptors (Lipinski definition) is 2. The van der Waals surface area contributed by atoms with Gasteiger partial charge in [0, 0.05) is 13.1 Å². The van der Waals surface area contributed by atoms with Gasteiger partial charge in [-0.1, -0.05) is 42.5 Å². The third-order valence-corrected chi connectivity index (χ3v) is 4.15. The number of nitrogens with zero attached hydrogens (tertiary/aromatic N) is 2. The Morgan fingerprint density at radius 2 is 1.94 bits per heavy atom. The van der Waals surface area contributed by atoms with Gasteiger partial charge in [-0.3, -0.25) is 0 Å². The highest BCUT2D eigenvalue weighted by atomic mass is 35.5. The van der Waals surface area contributed by atoms with Crippen LogP contribution in [0.3, 0.4) is 0 Å². The standard InChI is InChI=1S/C14H20Cl2N2/c1-18(9-11-5-3-2-4-6-11)10-13-12(15)7-8-14(16)17-13/h7-8,11H,2-6,9-10H2,1H3. The summed E-state index contributed by atoms with van der Waals surface area (Å²) in [6, 6.07) is 3.55. The molecule has 1 aliphatic rings. The zero-order valence-electron chi connectivity index (χ0n) is 10.8. The van der Waals surface area contributed by atoms with Crippen LogP contribution in [0.5, 0.6) is 0 Å². The van der Waals surface area contributed by atoms with E-state index >= 15 is 0 Å². The van der Waals surface area contributed by atoms with Crippen molar-refractivity contribution < 1.29 is 0 Å². The molecule has 1 aliphatic carbocycles. The molecule has 18 heavy (non-hydrogen) atoms. The average molecular weight is 287 g/mol. The van der Waals surface area contributed by atoms with E-state index < -0.39 is 0 Å². The van der Waals surface area contributed by atoms with Crippen LogP contribution in [0.2, 0.25) is 10.2 Å². The SMILES string of the molecule is CN(Cc1nc(Cl)ccc1Cl)CC1CCCCC1. The monoisotopic (exact) mass is 286 g/mol. The maximum absolute atomic E-state index is 6.14. The molecule has 0 aliphatic heterocycles. The summed E-state index contributed by atoms with van der Waals surface area (Å²) in [5, 5.41) is 1.22. The molecule has 0 N–H and O–H groups in total. The fourth-order valence-corrected chi connectivity index (χ4v) is 3.03. The molecular weight excluding hydrogens is 267 g/mol. The Hall–Kier alpha value is -0.310. The summed E-state index contributed by atoms with van der Waals surface area (Å²) in [6.07, 6.45) is 6.90. The van der Waals surface area contributed by atoms with Gasteiger partial charge in [-0.05, 0) is 37.9 Å². The summed E-state index contributed by atoms with van der Waals surface area (Å²) in [5.74, 6) is 0.835. The summed E-state index contributed by atoms with van der Waals surface area (Å²) in [4.78, 5) is 6.60. The first-order valence-electron chi connectivity index (χ1n) is 6.64. The van der Waals surface area contributed by atoms with Crippen LogP contribution < -0.4 is 0 Å². The van der Waals surface area contributed by atoms with Crippen molar-refractivity contribution in [2.45, 2.75) is 38.6 Å². The topological polar surface area (TPSA) is 16.1 Å². The molecule has 0 radical (unpaired) electrons. The quantitative estimate of drug-likeness (QED) is 0.763. The minimum Gasteiger partial charge on any atom is -0.300 e. The predicted octanol–water partition coefficient (Wildman–Crippen LogP) is 4.40. The first-order valence-corrected chi connectivity index (χ1v) is 7.40. The van der Waals surface area contributed by atoms with Gasteiger partial charge in [-0.2, -0.15) is 0 Å². The van der Waals surface area contributed by atoms with Crippen molar-refractivity contribution in [3.05, 3.63) is 28.0 Å². The van der Waals surface area contributed by atoms with Gasteiger partial charge in [0.25, 0.3) is 0 Å². The molecule has 0 spiro atoms. The predicted molar refractivity (Wildman–Crippen MR) is 77.2 cm³/mol. The molecule has 1 heterocycles. The van der Waals surface area contributed by atoms with Gasteiger partial charge in [-0.15, -0.1) is 0 Å². The Kier molecular flexibility index (Phi) is 5.28. The molecule has 1 aromatic rings. The van der Waals surface area contributed by atoms with Gasteiger partial charge in [-0.25, -0.2) is 4.98 Å². The molecule has 0 saturated heterocycles. The molecule has 4 heteroatoms. The van der Waals surface area contributed by atoms with Gasteiger partial charge in [0.2, 0.25) is 0 Å². The largest absolute Gasteiger partial charge is 0.300 e. The Bertz CT molecular complexity index is 389. The van der Waals surface area contributed by atoms with Crippen molar-refractivity contribution >= 4 is 23.2 Å². The van der Waals surface area contributed by atoms with Crippen LogP contribution in [-0.4, -0.2) is 23.5 Å². The van der Waals surface area contributed by atoms with E-state index in [0.29, 0.717) is 10.2 Å². The normalized spacial score (nSPS) is 17.3. The maximum atomic E-state index is 6.14. The van der Waals surface area contributed by atoms with Crippen LogP contribution in [-0.2, 0) is 6.54 Å². The molecular formula is C14H20Cl2N2. The van der Waals surface area contributed by atoms with Gasteiger partial charge >= 0.3 is 0 Å². The zero-order chi connectivity index (χ0) is 13.0. The Morgan fingerprint density at radius 3 is 2.67 bits per heavy atom. The van der Waals surface area contributed by atoms with Gasteiger partial charge in [0.05, 0.1) is 10.7 Å². The summed E-state index contributed by atoms with van der Waals surface area (Å²) < 4.78 is 0. The number of halogens is 2. The summed E-state index contributed by atoms with van der Waals surface area (Å²) in [7, 11) is 2.13. The third kappa shape index (κ3) is 4.11. The van der Waals surface area contributed by atoms with E-state index in [1.807, 2.05) is 6.07 Å². The van der Waals surface area contributed by atoms with E-state index in [1.54, 1.807) is 6.07 Å². The molecule has 0 amide bonds. The van der Waals surface area contributed by atoms with E-state index in [9.17, 15) is 0 Å². The first kappa shape index (κ1) is 14.1. The molecule has 1 fully saturated rings. The van der Waals surface area contributed by atoms with Crippen LogP contribution >= 0.6 is 23.2 Å². The Morgan fingerprint density at radius 1 is 1.22 bits per heavy atom. The molecule has 2 rings (SSSR count). The highest BCUT2D eigenvalue weighted by Crippen LogP contribution is 2.25. The molecule has 0 unspecified atom stereocenters. The molecule has 0 bridgehead atoms. The van der Waals surface area contributed by atoms with Crippen LogP contribution in [0.15, 0.2) is 12.1 Å². The average Bonchev–Trinajstić information content (AvgIpc) is 2.35. The van der Waals surface area contributed by atoms with Crippen molar-refractivity contribution in [2.75, 3.05) is 13.6 Å². The highest BCUT2D eigenvalue weighted by molar-refractivity contribution is 6.32. The van der Waals surface area contributed by atoms with Crippen LogP contribution in [0, 0.1) is 5.92 Å². The van der Waals surface area contributed by atoms with Crippen LogP contribution in [0.4, 0.5) is 0 Å². The van der Waals surface area contributed by atoms with Gasteiger partial charge in [0.15, 0.2) is 0 Å². The number of hydrogen-bond donors (Lipinski definition) is 0. The summed E-state index contributed by atoms with van der Waals surface area (Å²) >= 11 is 12.0. The van der Waals surface area contributed by atoms with Crippen LogP contribution in [0.1, 0.15) is 37.8 Å². The number of rotatable bonds is 4. The fraction of sp³-hybridized carbons (Fsp3) is 0.643. The minimum atomic E-state index is 0.514. The van der Waals surface area contributed by atoms with Crippen molar-refractivity contribution in [3.8, 4) is 0 Å². The lowest BCUT2D eigenvalue weighted by molar-refractivity contribution is 0.226.